The van der Waals surface area contributed by atoms with Gasteiger partial charge in [0.2, 0.25) is 0 Å². The number of hydrogen-bond donors (Lipinski definition) is 1. The highest BCUT2D eigenvalue weighted by Crippen LogP contribution is 2.43. The lowest BCUT2D eigenvalue weighted by Crippen LogP contribution is -2.09. The van der Waals surface area contributed by atoms with Crippen molar-refractivity contribution in [1.82, 2.24) is 4.98 Å². The minimum Gasteiger partial charge on any atom is -0.505 e. The normalized spacial score (nSPS) is 10.9. The third kappa shape index (κ3) is 3.87. The molecule has 2 heterocycles. The summed E-state index contributed by atoms with van der Waals surface area (Å²) < 4.78 is 6.17. The Morgan fingerprint density at radius 3 is 2.34 bits per heavy atom. The van der Waals surface area contributed by atoms with Crippen molar-refractivity contribution in [2.24, 2.45) is 0 Å². The molecule has 0 aliphatic heterocycles. The fraction of sp³-hybridized carbons (Fsp3) is 0.167. The van der Waals surface area contributed by atoms with Gasteiger partial charge < -0.3 is 9.84 Å². The van der Waals surface area contributed by atoms with Crippen molar-refractivity contribution in [2.75, 3.05) is 6.61 Å². The monoisotopic (exact) mass is 403 g/mol. The summed E-state index contributed by atoms with van der Waals surface area (Å²) in [6, 6.07) is 21.6. The fourth-order valence-corrected chi connectivity index (χ4v) is 4.32. The Morgan fingerprint density at radius 2 is 1.69 bits per heavy atom. The second-order valence-electron chi connectivity index (χ2n) is 6.73. The number of ether oxygens (including phenoxy) is 1. The van der Waals surface area contributed by atoms with Crippen molar-refractivity contribution in [2.45, 2.75) is 19.8 Å². The second kappa shape index (κ2) is 8.45. The molecule has 2 aromatic heterocycles. The summed E-state index contributed by atoms with van der Waals surface area (Å²) in [5.41, 5.74) is 2.58. The molecule has 0 radical (unpaired) electrons. The van der Waals surface area contributed by atoms with E-state index >= 15 is 0 Å². The van der Waals surface area contributed by atoms with Crippen LogP contribution in [0.4, 0.5) is 0 Å². The van der Waals surface area contributed by atoms with E-state index in [0.29, 0.717) is 17.7 Å². The molecule has 0 spiro atoms. The first-order valence-corrected chi connectivity index (χ1v) is 10.4. The molecule has 5 heteroatoms. The van der Waals surface area contributed by atoms with Gasteiger partial charge in [0, 0.05) is 15.8 Å². The number of thiophene rings is 1. The molecule has 0 atom stereocenters. The molecule has 0 saturated carbocycles. The zero-order valence-corrected chi connectivity index (χ0v) is 16.9. The number of rotatable bonds is 6. The number of unbranched alkanes of at least 4 members (excludes halogenated alkanes) is 1. The number of nitrogens with zero attached hydrogens (tertiary/aromatic N) is 1. The second-order valence-corrected chi connectivity index (χ2v) is 7.78. The molecule has 1 N–H and O–H groups in total. The van der Waals surface area contributed by atoms with Crippen molar-refractivity contribution in [3.63, 3.8) is 0 Å². The number of hydrogen-bond acceptors (Lipinski definition) is 5. The van der Waals surface area contributed by atoms with Gasteiger partial charge >= 0.3 is 5.97 Å². The summed E-state index contributed by atoms with van der Waals surface area (Å²) in [5, 5.41) is 11.5. The number of pyridine rings is 1. The minimum atomic E-state index is -0.595. The number of esters is 1. The fourth-order valence-electron chi connectivity index (χ4n) is 3.14. The Morgan fingerprint density at radius 1 is 1.03 bits per heavy atom. The van der Waals surface area contributed by atoms with E-state index in [9.17, 15) is 9.90 Å². The van der Waals surface area contributed by atoms with E-state index in [2.05, 4.69) is 4.98 Å². The van der Waals surface area contributed by atoms with E-state index in [4.69, 9.17) is 4.74 Å². The number of fused-ring (bicyclic) bond motifs is 1. The van der Waals surface area contributed by atoms with Gasteiger partial charge in [-0.05, 0) is 18.1 Å². The highest BCUT2D eigenvalue weighted by molar-refractivity contribution is 7.22. The van der Waals surface area contributed by atoms with Gasteiger partial charge in [-0.3, -0.25) is 0 Å². The molecule has 0 saturated heterocycles. The third-order valence-electron chi connectivity index (χ3n) is 4.68. The molecule has 0 fully saturated rings. The standard InChI is InChI=1S/C24H21NO3S/c1-2-3-14-28-24(27)21-22(26)18-15-19(16-10-6-4-7-11-16)29-23(18)20(25-21)17-12-8-5-9-13-17/h4-13,15,26H,2-3,14H2,1H3. The largest absolute Gasteiger partial charge is 0.505 e. The van der Waals surface area contributed by atoms with E-state index < -0.39 is 5.97 Å². The van der Waals surface area contributed by atoms with E-state index in [1.807, 2.05) is 73.7 Å². The molecule has 4 rings (SSSR count). The van der Waals surface area contributed by atoms with E-state index in [1.54, 1.807) is 11.3 Å². The maximum absolute atomic E-state index is 12.6. The Bertz CT molecular complexity index is 1140. The number of benzene rings is 2. The molecule has 4 aromatic rings. The maximum Gasteiger partial charge on any atom is 0.360 e. The highest BCUT2D eigenvalue weighted by atomic mass is 32.1. The van der Waals surface area contributed by atoms with E-state index in [-0.39, 0.29) is 11.4 Å². The summed E-state index contributed by atoms with van der Waals surface area (Å²) in [5.74, 6) is -0.720. The van der Waals surface area contributed by atoms with Crippen LogP contribution in [0.5, 0.6) is 5.75 Å². The van der Waals surface area contributed by atoms with Crippen molar-refractivity contribution in [3.8, 4) is 27.4 Å². The van der Waals surface area contributed by atoms with Crippen molar-refractivity contribution in [1.29, 1.82) is 0 Å². The Labute approximate surface area is 173 Å². The van der Waals surface area contributed by atoms with Crippen LogP contribution in [0.3, 0.4) is 0 Å². The van der Waals surface area contributed by atoms with Crippen molar-refractivity contribution < 1.29 is 14.6 Å². The predicted molar refractivity (Wildman–Crippen MR) is 117 cm³/mol. The SMILES string of the molecule is CCCCOC(=O)c1nc(-c2ccccc2)c2sc(-c3ccccc3)cc2c1O. The van der Waals surface area contributed by atoms with Crippen LogP contribution in [0.15, 0.2) is 66.7 Å². The zero-order valence-electron chi connectivity index (χ0n) is 16.1. The van der Waals surface area contributed by atoms with Gasteiger partial charge in [-0.1, -0.05) is 74.0 Å². The van der Waals surface area contributed by atoms with E-state index in [0.717, 1.165) is 33.5 Å². The molecule has 0 bridgehead atoms. The lowest BCUT2D eigenvalue weighted by atomic mass is 10.1. The summed E-state index contributed by atoms with van der Waals surface area (Å²) in [4.78, 5) is 18.2. The van der Waals surface area contributed by atoms with Crippen LogP contribution in [0.25, 0.3) is 31.8 Å². The van der Waals surface area contributed by atoms with Crippen molar-refractivity contribution in [3.05, 3.63) is 72.4 Å². The van der Waals surface area contributed by atoms with Crippen LogP contribution in [0.2, 0.25) is 0 Å². The molecular formula is C24H21NO3S. The van der Waals surface area contributed by atoms with Crippen LogP contribution in [0, 0.1) is 0 Å². The third-order valence-corrected chi connectivity index (χ3v) is 5.87. The molecule has 4 nitrogen and oxygen atoms in total. The van der Waals surface area contributed by atoms with Crippen LogP contribution in [0.1, 0.15) is 30.3 Å². The smallest absolute Gasteiger partial charge is 0.360 e. The van der Waals surface area contributed by atoms with Crippen molar-refractivity contribution >= 4 is 27.4 Å². The van der Waals surface area contributed by atoms with Gasteiger partial charge in [-0.2, -0.15) is 0 Å². The summed E-state index contributed by atoms with van der Waals surface area (Å²) in [6.45, 7) is 2.34. The molecule has 0 aliphatic carbocycles. The highest BCUT2D eigenvalue weighted by Gasteiger charge is 2.23. The maximum atomic E-state index is 12.6. The van der Waals surface area contributed by atoms with Crippen LogP contribution >= 0.6 is 11.3 Å². The Kier molecular flexibility index (Phi) is 5.58. The number of aromatic hydroxyl groups is 1. The molecule has 29 heavy (non-hydrogen) atoms. The molecule has 0 amide bonds. The molecule has 2 aromatic carbocycles. The Hall–Kier alpha value is -3.18. The molecule has 146 valence electrons. The zero-order chi connectivity index (χ0) is 20.2. The van der Waals surface area contributed by atoms with Crippen LogP contribution in [-0.2, 0) is 4.74 Å². The van der Waals surface area contributed by atoms with Crippen LogP contribution in [-0.4, -0.2) is 22.7 Å². The first kappa shape index (κ1) is 19.2. The summed E-state index contributed by atoms with van der Waals surface area (Å²) >= 11 is 1.55. The average Bonchev–Trinajstić information content (AvgIpc) is 3.21. The van der Waals surface area contributed by atoms with Crippen LogP contribution < -0.4 is 0 Å². The van der Waals surface area contributed by atoms with Gasteiger partial charge in [0.05, 0.1) is 17.0 Å². The lowest BCUT2D eigenvalue weighted by molar-refractivity contribution is 0.0490. The topological polar surface area (TPSA) is 59.4 Å². The van der Waals surface area contributed by atoms with Gasteiger partial charge in [0.25, 0.3) is 0 Å². The Balaban J connectivity index is 1.89. The molecule has 0 aliphatic rings. The van der Waals surface area contributed by atoms with Gasteiger partial charge in [-0.25, -0.2) is 9.78 Å². The summed E-state index contributed by atoms with van der Waals surface area (Å²) in [7, 11) is 0. The predicted octanol–water partition coefficient (Wildman–Crippen LogP) is 6.29. The first-order chi connectivity index (χ1) is 14.2. The number of carbonyl (C=O) groups excluding carboxylic acids is 1. The van der Waals surface area contributed by atoms with E-state index in [1.165, 1.54) is 0 Å². The quantitative estimate of drug-likeness (QED) is 0.303. The van der Waals surface area contributed by atoms with Gasteiger partial charge in [0.15, 0.2) is 11.4 Å². The minimum absolute atomic E-state index is 0.0372. The molecule has 0 unspecified atom stereocenters. The summed E-state index contributed by atoms with van der Waals surface area (Å²) in [6.07, 6.45) is 1.70. The first-order valence-electron chi connectivity index (χ1n) is 9.63. The van der Waals surface area contributed by atoms with Gasteiger partial charge in [0.1, 0.15) is 0 Å². The van der Waals surface area contributed by atoms with Gasteiger partial charge in [-0.15, -0.1) is 11.3 Å². The average molecular weight is 404 g/mol. The molecular weight excluding hydrogens is 382 g/mol. The number of carbonyl (C=O) groups is 1. The number of aromatic nitrogens is 1. The lowest BCUT2D eigenvalue weighted by Gasteiger charge is -2.09.